The lowest BCUT2D eigenvalue weighted by Gasteiger charge is -2.54. The molecule has 5 atom stereocenters. The van der Waals surface area contributed by atoms with Crippen molar-refractivity contribution in [3.63, 3.8) is 0 Å². The Morgan fingerprint density at radius 1 is 1.26 bits per heavy atom. The van der Waals surface area contributed by atoms with Crippen LogP contribution in [0.4, 0.5) is 0 Å². The molecule has 0 radical (unpaired) electrons. The van der Waals surface area contributed by atoms with Gasteiger partial charge in [0.15, 0.2) is 16.4 Å². The molecule has 2 aromatic rings. The van der Waals surface area contributed by atoms with Crippen molar-refractivity contribution in [1.82, 2.24) is 4.98 Å². The van der Waals surface area contributed by atoms with Crippen molar-refractivity contribution in [1.29, 1.82) is 0 Å². The number of aromatic nitrogens is 1. The average molecular weight is 409 g/mol. The Kier molecular flexibility index (Phi) is 4.02. The molecule has 0 unspecified atom stereocenters. The Morgan fingerprint density at radius 2 is 1.91 bits per heavy atom. The van der Waals surface area contributed by atoms with Crippen LogP contribution in [0.5, 0.6) is 0 Å². The summed E-state index contributed by atoms with van der Waals surface area (Å²) >= 11 is 8.99. The zero-order valence-electron chi connectivity index (χ0n) is 11.6. The van der Waals surface area contributed by atoms with Crippen LogP contribution >= 0.6 is 27.5 Å². The van der Waals surface area contributed by atoms with Gasteiger partial charge in [-0.1, -0.05) is 29.8 Å². The molecule has 0 amide bonds. The molecular formula is C14H15BrClNO6. The first-order valence-corrected chi connectivity index (χ1v) is 7.90. The van der Waals surface area contributed by atoms with Gasteiger partial charge in [-0.05, 0) is 33.4 Å². The van der Waals surface area contributed by atoms with Gasteiger partial charge in [0.2, 0.25) is 5.06 Å². The van der Waals surface area contributed by atoms with E-state index in [2.05, 4.69) is 20.9 Å². The van der Waals surface area contributed by atoms with E-state index >= 15 is 0 Å². The van der Waals surface area contributed by atoms with Crippen LogP contribution in [0.1, 0.15) is 5.69 Å². The number of ether oxygens (including phenoxy) is 1. The van der Waals surface area contributed by atoms with Gasteiger partial charge in [-0.3, -0.25) is 0 Å². The van der Waals surface area contributed by atoms with Crippen LogP contribution in [0.3, 0.4) is 0 Å². The molecule has 1 aliphatic heterocycles. The fraction of sp³-hybridized carbons (Fsp3) is 0.429. The number of alkyl halides is 2. The largest absolute Gasteiger partial charge is 0.392 e. The number of H-pyrrole nitrogens is 1. The van der Waals surface area contributed by atoms with E-state index in [1.807, 2.05) is 0 Å². The lowest BCUT2D eigenvalue weighted by molar-refractivity contribution is -0.349. The van der Waals surface area contributed by atoms with Gasteiger partial charge < -0.3 is 35.3 Å². The number of hydrogen-bond acceptors (Lipinski definition) is 6. The number of benzene rings is 1. The number of fused-ring (bicyclic) bond motifs is 1. The van der Waals surface area contributed by atoms with Crippen molar-refractivity contribution in [2.45, 2.75) is 27.6 Å². The first-order valence-electron chi connectivity index (χ1n) is 6.73. The molecule has 0 bridgehead atoms. The van der Waals surface area contributed by atoms with Crippen molar-refractivity contribution in [3.05, 3.63) is 36.0 Å². The fourth-order valence-electron chi connectivity index (χ4n) is 2.78. The summed E-state index contributed by atoms with van der Waals surface area (Å²) in [5, 5.41) is 49.3. The van der Waals surface area contributed by atoms with Crippen LogP contribution < -0.4 is 0 Å². The van der Waals surface area contributed by atoms with E-state index < -0.39 is 34.2 Å². The van der Waals surface area contributed by atoms with Gasteiger partial charge in [0.1, 0.15) is 6.10 Å². The van der Waals surface area contributed by atoms with E-state index in [4.69, 9.17) is 16.3 Å². The molecule has 3 rings (SSSR count). The second-order valence-corrected chi connectivity index (χ2v) is 7.33. The first kappa shape index (κ1) is 17.1. The average Bonchev–Trinajstić information content (AvgIpc) is 2.96. The van der Waals surface area contributed by atoms with Gasteiger partial charge in [0.25, 0.3) is 0 Å². The van der Waals surface area contributed by atoms with Crippen LogP contribution in [0, 0.1) is 0 Å². The zero-order chi connectivity index (χ0) is 17.0. The number of aromatic amines is 1. The lowest BCUT2D eigenvalue weighted by Crippen LogP contribution is -2.74. The van der Waals surface area contributed by atoms with Crippen LogP contribution in [0.15, 0.2) is 30.3 Å². The summed E-state index contributed by atoms with van der Waals surface area (Å²) in [5.41, 5.74) is -1.97. The van der Waals surface area contributed by atoms with E-state index in [-0.39, 0.29) is 5.69 Å². The SMILES string of the molecule is OC[C@@]1(Br)O[C@H](O)[C@H](O)[C@](O)(c2cc3ccccc3[nH]2)[C@]1(O)Cl. The standard InChI is InChI=1S/C14H15BrClNO6/c15-12(6-18)14(16,22)13(21,10(19)11(20)23-12)9-5-7-3-1-2-4-8(7)17-9/h1-5,10-11,17-22H,6H2/t10-,11-,12+,13+,14-/m0/s1. The third kappa shape index (κ3) is 2.18. The van der Waals surface area contributed by atoms with Crippen molar-refractivity contribution in [2.75, 3.05) is 6.61 Å². The number of rotatable bonds is 2. The summed E-state index contributed by atoms with van der Waals surface area (Å²) in [4.78, 5) is 2.85. The van der Waals surface area contributed by atoms with E-state index in [9.17, 15) is 25.5 Å². The van der Waals surface area contributed by atoms with Gasteiger partial charge in [-0.25, -0.2) is 0 Å². The number of para-hydroxylation sites is 1. The highest BCUT2D eigenvalue weighted by Crippen LogP contribution is 2.54. The summed E-state index contributed by atoms with van der Waals surface area (Å²) in [6.45, 7) is -0.876. The second kappa shape index (κ2) is 5.40. The maximum Gasteiger partial charge on any atom is 0.217 e. The minimum atomic E-state index is -2.70. The molecule has 0 aliphatic carbocycles. The Labute approximate surface area is 144 Å². The number of aliphatic hydroxyl groups excluding tert-OH is 3. The van der Waals surface area contributed by atoms with Crippen LogP contribution in [0.25, 0.3) is 10.9 Å². The fourth-order valence-corrected chi connectivity index (χ4v) is 3.59. The van der Waals surface area contributed by atoms with E-state index in [1.165, 1.54) is 6.07 Å². The third-order valence-corrected chi connectivity index (χ3v) is 5.98. The van der Waals surface area contributed by atoms with Crippen LogP contribution in [0.2, 0.25) is 0 Å². The highest BCUT2D eigenvalue weighted by Gasteiger charge is 2.71. The number of hydrogen-bond donors (Lipinski definition) is 6. The first-order chi connectivity index (χ1) is 10.7. The smallest absolute Gasteiger partial charge is 0.217 e. The monoisotopic (exact) mass is 407 g/mol. The van der Waals surface area contributed by atoms with Gasteiger partial charge in [0, 0.05) is 5.52 Å². The van der Waals surface area contributed by atoms with Crippen molar-refractivity contribution < 1.29 is 30.3 Å². The summed E-state index contributed by atoms with van der Waals surface area (Å²) in [6, 6.07) is 8.49. The van der Waals surface area contributed by atoms with Gasteiger partial charge in [-0.15, -0.1) is 0 Å². The van der Waals surface area contributed by atoms with Crippen molar-refractivity contribution in [2.24, 2.45) is 0 Å². The molecule has 6 N–H and O–H groups in total. The Bertz CT molecular complexity index is 706. The van der Waals surface area contributed by atoms with E-state index in [0.717, 1.165) is 0 Å². The molecule has 7 nitrogen and oxygen atoms in total. The van der Waals surface area contributed by atoms with Gasteiger partial charge >= 0.3 is 0 Å². The maximum atomic E-state index is 11.0. The predicted molar refractivity (Wildman–Crippen MR) is 84.8 cm³/mol. The quantitative estimate of drug-likeness (QED) is 0.391. The Hall–Kier alpha value is -0.710. The molecule has 1 fully saturated rings. The van der Waals surface area contributed by atoms with Crippen LogP contribution in [-0.4, -0.2) is 59.1 Å². The van der Waals surface area contributed by atoms with Gasteiger partial charge in [-0.2, -0.15) is 0 Å². The summed E-state index contributed by atoms with van der Waals surface area (Å²) in [6.07, 6.45) is -3.88. The highest BCUT2D eigenvalue weighted by molar-refractivity contribution is 9.10. The molecule has 9 heteroatoms. The van der Waals surface area contributed by atoms with Crippen molar-refractivity contribution >= 4 is 38.4 Å². The molecule has 2 heterocycles. The molecule has 1 aromatic heterocycles. The number of halogens is 2. The second-order valence-electron chi connectivity index (χ2n) is 5.50. The number of aliphatic hydroxyl groups is 5. The molecule has 1 aliphatic rings. The molecule has 1 saturated heterocycles. The maximum absolute atomic E-state index is 11.0. The summed E-state index contributed by atoms with van der Waals surface area (Å²) in [7, 11) is 0. The molecule has 0 saturated carbocycles. The molecule has 1 aromatic carbocycles. The van der Waals surface area contributed by atoms with Crippen molar-refractivity contribution in [3.8, 4) is 0 Å². The van der Waals surface area contributed by atoms with E-state index in [0.29, 0.717) is 10.9 Å². The summed E-state index contributed by atoms with van der Waals surface area (Å²) < 4.78 is 2.85. The Balaban J connectivity index is 2.22. The zero-order valence-corrected chi connectivity index (χ0v) is 14.0. The predicted octanol–water partition coefficient (Wildman–Crippen LogP) is 0.0759. The minimum absolute atomic E-state index is 0.0386. The molecule has 23 heavy (non-hydrogen) atoms. The molecule has 126 valence electrons. The Morgan fingerprint density at radius 3 is 2.52 bits per heavy atom. The highest BCUT2D eigenvalue weighted by atomic mass is 79.9. The van der Waals surface area contributed by atoms with Crippen LogP contribution in [-0.2, 0) is 10.3 Å². The number of nitrogens with one attached hydrogen (secondary N) is 1. The summed E-state index contributed by atoms with van der Waals surface area (Å²) in [5.74, 6) is 0. The minimum Gasteiger partial charge on any atom is -0.392 e. The lowest BCUT2D eigenvalue weighted by atomic mass is 9.80. The molecule has 0 spiro atoms. The van der Waals surface area contributed by atoms with Gasteiger partial charge in [0.05, 0.1) is 12.3 Å². The normalized spacial score (nSPS) is 41.3. The topological polar surface area (TPSA) is 126 Å². The van der Waals surface area contributed by atoms with E-state index in [1.54, 1.807) is 24.3 Å². The third-order valence-electron chi connectivity index (χ3n) is 4.15. The molecular weight excluding hydrogens is 394 g/mol.